The van der Waals surface area contributed by atoms with Gasteiger partial charge in [0.05, 0.1) is 13.3 Å². The van der Waals surface area contributed by atoms with Crippen LogP contribution in [0, 0.1) is 20.8 Å². The highest BCUT2D eigenvalue weighted by atomic mass is 16.1. The van der Waals surface area contributed by atoms with Gasteiger partial charge >= 0.3 is 0 Å². The zero-order valence-electron chi connectivity index (χ0n) is 17.0. The largest absolute Gasteiger partial charge is 0.298 e. The Hall–Kier alpha value is -2.14. The molecule has 1 aliphatic carbocycles. The summed E-state index contributed by atoms with van der Waals surface area (Å²) in [7, 11) is 0. The zero-order valence-corrected chi connectivity index (χ0v) is 17.0. The summed E-state index contributed by atoms with van der Waals surface area (Å²) in [5.41, 5.74) is 5.48. The first kappa shape index (κ1) is 18.2. The van der Waals surface area contributed by atoms with Crippen molar-refractivity contribution in [2.24, 2.45) is 0 Å². The van der Waals surface area contributed by atoms with Crippen LogP contribution < -0.4 is 10.5 Å². The zero-order chi connectivity index (χ0) is 19.1. The van der Waals surface area contributed by atoms with Crippen molar-refractivity contribution in [3.8, 4) is 0 Å². The second-order valence-electron chi connectivity index (χ2n) is 8.07. The van der Waals surface area contributed by atoms with E-state index in [1.54, 1.807) is 0 Å². The molecule has 5 heteroatoms. The second-order valence-corrected chi connectivity index (χ2v) is 8.07. The molecule has 5 nitrogen and oxygen atoms in total. The number of aryl methyl sites for hydroxylation is 3. The van der Waals surface area contributed by atoms with Crippen LogP contribution in [0.4, 0.5) is 11.6 Å². The van der Waals surface area contributed by atoms with Gasteiger partial charge in [-0.2, -0.15) is 0 Å². The van der Waals surface area contributed by atoms with Crippen molar-refractivity contribution in [2.45, 2.75) is 72.5 Å². The SMILES string of the molecule is CCc1c(C)nc2n(c1=O)CN(C1CCCC1)CN2c1ccc(C)c(C)c1. The van der Waals surface area contributed by atoms with Crippen LogP contribution in [0.5, 0.6) is 0 Å². The number of hydrogen-bond acceptors (Lipinski definition) is 4. The lowest BCUT2D eigenvalue weighted by Gasteiger charge is -2.41. The summed E-state index contributed by atoms with van der Waals surface area (Å²) in [6.07, 6.45) is 5.76. The third kappa shape index (κ3) is 3.18. The van der Waals surface area contributed by atoms with E-state index in [-0.39, 0.29) is 5.56 Å². The minimum absolute atomic E-state index is 0.122. The van der Waals surface area contributed by atoms with Gasteiger partial charge in [-0.25, -0.2) is 4.98 Å². The molecule has 2 aromatic rings. The van der Waals surface area contributed by atoms with Crippen LogP contribution in [-0.2, 0) is 13.1 Å². The Morgan fingerprint density at radius 1 is 1.07 bits per heavy atom. The first-order valence-corrected chi connectivity index (χ1v) is 10.2. The van der Waals surface area contributed by atoms with Gasteiger partial charge in [0.1, 0.15) is 0 Å². The van der Waals surface area contributed by atoms with Crippen molar-refractivity contribution in [3.05, 3.63) is 50.9 Å². The monoisotopic (exact) mass is 366 g/mol. The summed E-state index contributed by atoms with van der Waals surface area (Å²) in [6, 6.07) is 7.09. The van der Waals surface area contributed by atoms with Crippen LogP contribution in [0.1, 0.15) is 55.0 Å². The Kier molecular flexibility index (Phi) is 4.81. The van der Waals surface area contributed by atoms with Crippen molar-refractivity contribution < 1.29 is 0 Å². The molecule has 1 aromatic heterocycles. The second kappa shape index (κ2) is 7.12. The highest BCUT2D eigenvalue weighted by Gasteiger charge is 2.32. The third-order valence-electron chi connectivity index (χ3n) is 6.33. The van der Waals surface area contributed by atoms with Crippen LogP contribution >= 0.6 is 0 Å². The van der Waals surface area contributed by atoms with Gasteiger partial charge in [0.15, 0.2) is 0 Å². The maximum Gasteiger partial charge on any atom is 0.259 e. The fraction of sp³-hybridized carbons (Fsp3) is 0.545. The molecule has 4 rings (SSSR count). The molecule has 0 N–H and O–H groups in total. The maximum atomic E-state index is 13.2. The minimum atomic E-state index is 0.122. The summed E-state index contributed by atoms with van der Waals surface area (Å²) in [5, 5.41) is 0. The normalized spacial score (nSPS) is 18.1. The van der Waals surface area contributed by atoms with E-state index >= 15 is 0 Å². The number of rotatable bonds is 3. The Balaban J connectivity index is 1.84. The first-order valence-electron chi connectivity index (χ1n) is 10.2. The molecule has 0 spiro atoms. The molecule has 1 fully saturated rings. The van der Waals surface area contributed by atoms with E-state index in [4.69, 9.17) is 4.98 Å². The predicted molar refractivity (Wildman–Crippen MR) is 110 cm³/mol. The van der Waals surface area contributed by atoms with E-state index in [1.165, 1.54) is 36.8 Å². The van der Waals surface area contributed by atoms with E-state index in [0.717, 1.165) is 36.0 Å². The molecule has 1 aromatic carbocycles. The Morgan fingerprint density at radius 2 is 1.81 bits per heavy atom. The smallest absolute Gasteiger partial charge is 0.259 e. The van der Waals surface area contributed by atoms with Crippen LogP contribution in [0.25, 0.3) is 0 Å². The molecular weight excluding hydrogens is 336 g/mol. The van der Waals surface area contributed by atoms with E-state index in [9.17, 15) is 4.79 Å². The summed E-state index contributed by atoms with van der Waals surface area (Å²) in [6.45, 7) is 9.73. The van der Waals surface area contributed by atoms with Gasteiger partial charge in [0.25, 0.3) is 5.56 Å². The van der Waals surface area contributed by atoms with Crippen LogP contribution in [-0.4, -0.2) is 27.2 Å². The van der Waals surface area contributed by atoms with E-state index in [2.05, 4.69) is 41.8 Å². The summed E-state index contributed by atoms with van der Waals surface area (Å²) in [5.74, 6) is 0.784. The first-order chi connectivity index (χ1) is 13.0. The molecular formula is C22H30N4O. The molecule has 27 heavy (non-hydrogen) atoms. The standard InChI is InChI=1S/C22H30N4O/c1-5-20-17(4)23-22-25(19-11-10-15(2)16(3)12-19)13-24(14-26(22)21(20)27)18-8-6-7-9-18/h10-12,18H,5-9,13-14H2,1-4H3. The quantitative estimate of drug-likeness (QED) is 0.822. The van der Waals surface area contributed by atoms with Crippen molar-refractivity contribution in [1.29, 1.82) is 0 Å². The van der Waals surface area contributed by atoms with Crippen LogP contribution in [0.3, 0.4) is 0 Å². The Bertz CT molecular complexity index is 911. The molecule has 0 bridgehead atoms. The minimum Gasteiger partial charge on any atom is -0.298 e. The van der Waals surface area contributed by atoms with E-state index in [1.807, 2.05) is 18.4 Å². The molecule has 144 valence electrons. The predicted octanol–water partition coefficient (Wildman–Crippen LogP) is 4.04. The number of anilines is 2. The number of aromatic nitrogens is 2. The average molecular weight is 367 g/mol. The lowest BCUT2D eigenvalue weighted by molar-refractivity contribution is 0.138. The number of benzene rings is 1. The van der Waals surface area contributed by atoms with Crippen LogP contribution in [0.2, 0.25) is 0 Å². The summed E-state index contributed by atoms with van der Waals surface area (Å²) < 4.78 is 1.89. The van der Waals surface area contributed by atoms with Crippen molar-refractivity contribution >= 4 is 11.6 Å². The van der Waals surface area contributed by atoms with Crippen molar-refractivity contribution in [1.82, 2.24) is 14.5 Å². The van der Waals surface area contributed by atoms with Gasteiger partial charge in [0.2, 0.25) is 5.95 Å². The lowest BCUT2D eigenvalue weighted by atomic mass is 10.1. The molecule has 0 atom stereocenters. The lowest BCUT2D eigenvalue weighted by Crippen LogP contribution is -2.51. The van der Waals surface area contributed by atoms with E-state index < -0.39 is 0 Å². The van der Waals surface area contributed by atoms with Gasteiger partial charge in [-0.15, -0.1) is 0 Å². The highest BCUT2D eigenvalue weighted by Crippen LogP contribution is 2.32. The topological polar surface area (TPSA) is 41.4 Å². The molecule has 0 radical (unpaired) electrons. The molecule has 0 amide bonds. The molecule has 1 saturated carbocycles. The molecule has 1 aliphatic heterocycles. The van der Waals surface area contributed by atoms with Crippen LogP contribution in [0.15, 0.2) is 23.0 Å². The Morgan fingerprint density at radius 3 is 2.48 bits per heavy atom. The molecule has 2 aliphatic rings. The number of fused-ring (bicyclic) bond motifs is 1. The van der Waals surface area contributed by atoms with Gasteiger partial charge in [0, 0.05) is 23.0 Å². The van der Waals surface area contributed by atoms with Gasteiger partial charge in [-0.1, -0.05) is 25.8 Å². The van der Waals surface area contributed by atoms with Gasteiger partial charge in [-0.3, -0.25) is 19.2 Å². The summed E-state index contributed by atoms with van der Waals surface area (Å²) in [4.78, 5) is 22.8. The van der Waals surface area contributed by atoms with Gasteiger partial charge < -0.3 is 0 Å². The highest BCUT2D eigenvalue weighted by molar-refractivity contribution is 5.60. The maximum absolute atomic E-state index is 13.2. The van der Waals surface area contributed by atoms with Crippen molar-refractivity contribution in [3.63, 3.8) is 0 Å². The molecule has 0 unspecified atom stereocenters. The van der Waals surface area contributed by atoms with E-state index in [0.29, 0.717) is 12.7 Å². The third-order valence-corrected chi connectivity index (χ3v) is 6.33. The molecule has 2 heterocycles. The summed E-state index contributed by atoms with van der Waals surface area (Å²) >= 11 is 0. The number of hydrogen-bond donors (Lipinski definition) is 0. The number of nitrogens with zero attached hydrogens (tertiary/aromatic N) is 4. The average Bonchev–Trinajstić information content (AvgIpc) is 3.19. The van der Waals surface area contributed by atoms with Crippen molar-refractivity contribution in [2.75, 3.05) is 11.6 Å². The fourth-order valence-corrected chi connectivity index (χ4v) is 4.49. The molecule has 0 saturated heterocycles. The van der Waals surface area contributed by atoms with Gasteiger partial charge in [-0.05, 0) is 63.3 Å². The Labute approximate surface area is 161 Å². The fourth-order valence-electron chi connectivity index (χ4n) is 4.49.